The van der Waals surface area contributed by atoms with Crippen molar-refractivity contribution in [2.45, 2.75) is 62.6 Å². The summed E-state index contributed by atoms with van der Waals surface area (Å²) in [4.78, 5) is 29.8. The van der Waals surface area contributed by atoms with Crippen LogP contribution in [0.2, 0.25) is 5.02 Å². The van der Waals surface area contributed by atoms with Crippen LogP contribution in [0.1, 0.15) is 42.4 Å². The molecule has 0 saturated heterocycles. The standard InChI is InChI=1S/C36H37ClFN3O4S/c1-26-18-20-32(21-19-26)46(44,45)41(31-16-9-13-29(37)23-31)25-35(42)40(24-28-12-5-8-17-33(28)38)34(22-27-10-3-2-4-11-27)36(43)39-30-14-6-7-15-30/h2-5,8-13,16-21,23,30,34H,6-7,14-15,22,24-25H2,1H3,(H,39,43). The van der Waals surface area contributed by atoms with Crippen molar-refractivity contribution in [2.75, 3.05) is 10.8 Å². The second-order valence-electron chi connectivity index (χ2n) is 11.6. The Kier molecular flexibility index (Phi) is 10.8. The lowest BCUT2D eigenvalue weighted by molar-refractivity contribution is -0.140. The molecular formula is C36H37ClFN3O4S. The molecule has 1 unspecified atom stereocenters. The fourth-order valence-electron chi connectivity index (χ4n) is 5.73. The van der Waals surface area contributed by atoms with Gasteiger partial charge in [-0.2, -0.15) is 0 Å². The molecule has 4 aromatic carbocycles. The first-order valence-corrected chi connectivity index (χ1v) is 17.2. The highest BCUT2D eigenvalue weighted by molar-refractivity contribution is 7.92. The van der Waals surface area contributed by atoms with Gasteiger partial charge >= 0.3 is 0 Å². The maximum atomic E-state index is 15.1. The number of sulfonamides is 1. The number of rotatable bonds is 12. The van der Waals surface area contributed by atoms with E-state index < -0.39 is 34.3 Å². The minimum Gasteiger partial charge on any atom is -0.352 e. The molecule has 1 atom stereocenters. The molecule has 1 saturated carbocycles. The smallest absolute Gasteiger partial charge is 0.264 e. The molecule has 0 aliphatic heterocycles. The van der Waals surface area contributed by atoms with Gasteiger partial charge in [0.15, 0.2) is 0 Å². The van der Waals surface area contributed by atoms with Gasteiger partial charge in [0.1, 0.15) is 18.4 Å². The second kappa shape index (κ2) is 14.9. The van der Waals surface area contributed by atoms with Crippen LogP contribution < -0.4 is 9.62 Å². The van der Waals surface area contributed by atoms with Crippen molar-refractivity contribution in [3.8, 4) is 0 Å². The number of nitrogens with one attached hydrogen (secondary N) is 1. The number of hydrogen-bond acceptors (Lipinski definition) is 4. The lowest BCUT2D eigenvalue weighted by Crippen LogP contribution is -2.54. The SMILES string of the molecule is Cc1ccc(S(=O)(=O)N(CC(=O)N(Cc2ccccc2F)C(Cc2ccccc2)C(=O)NC2CCCC2)c2cccc(Cl)c2)cc1. The average Bonchev–Trinajstić information content (AvgIpc) is 3.56. The van der Waals surface area contributed by atoms with Crippen molar-refractivity contribution in [3.63, 3.8) is 0 Å². The summed E-state index contributed by atoms with van der Waals surface area (Å²) in [7, 11) is -4.27. The van der Waals surface area contributed by atoms with Crippen LogP contribution in [0.3, 0.4) is 0 Å². The van der Waals surface area contributed by atoms with E-state index in [1.165, 1.54) is 29.2 Å². The summed E-state index contributed by atoms with van der Waals surface area (Å²) in [5, 5.41) is 3.40. The minimum atomic E-state index is -4.27. The molecule has 10 heteroatoms. The fourth-order valence-corrected chi connectivity index (χ4v) is 7.32. The molecule has 1 fully saturated rings. The Bertz CT molecular complexity index is 1760. The molecule has 7 nitrogen and oxygen atoms in total. The molecule has 5 rings (SSSR count). The third kappa shape index (κ3) is 8.13. The number of benzene rings is 4. The summed E-state index contributed by atoms with van der Waals surface area (Å²) in [6.45, 7) is 0.959. The van der Waals surface area contributed by atoms with Crippen LogP contribution in [-0.4, -0.2) is 43.8 Å². The topological polar surface area (TPSA) is 86.8 Å². The van der Waals surface area contributed by atoms with E-state index in [0.29, 0.717) is 0 Å². The largest absolute Gasteiger partial charge is 0.352 e. The van der Waals surface area contributed by atoms with E-state index in [9.17, 15) is 18.0 Å². The molecule has 1 N–H and O–H groups in total. The van der Waals surface area contributed by atoms with Crippen molar-refractivity contribution in [3.05, 3.63) is 131 Å². The summed E-state index contributed by atoms with van der Waals surface area (Å²) in [5.74, 6) is -1.56. The van der Waals surface area contributed by atoms with Crippen LogP contribution in [0.15, 0.2) is 108 Å². The molecule has 240 valence electrons. The lowest BCUT2D eigenvalue weighted by atomic mass is 10.0. The number of aryl methyl sites for hydroxylation is 1. The third-order valence-corrected chi connectivity index (χ3v) is 10.3. The quantitative estimate of drug-likeness (QED) is 0.184. The Balaban J connectivity index is 1.57. The van der Waals surface area contributed by atoms with E-state index in [1.54, 1.807) is 48.5 Å². The van der Waals surface area contributed by atoms with Crippen LogP contribution in [-0.2, 0) is 32.6 Å². The van der Waals surface area contributed by atoms with Gasteiger partial charge in [0.05, 0.1) is 10.6 Å². The van der Waals surface area contributed by atoms with Gasteiger partial charge in [-0.25, -0.2) is 12.8 Å². The Morgan fingerprint density at radius 2 is 1.59 bits per heavy atom. The molecule has 1 aliphatic carbocycles. The molecule has 0 spiro atoms. The maximum absolute atomic E-state index is 15.1. The van der Waals surface area contributed by atoms with Crippen molar-refractivity contribution < 1.29 is 22.4 Å². The number of anilines is 1. The first kappa shape index (κ1) is 33.2. The zero-order valence-corrected chi connectivity index (χ0v) is 27.2. The molecular weight excluding hydrogens is 625 g/mol. The van der Waals surface area contributed by atoms with Gasteiger partial charge in [0.25, 0.3) is 10.0 Å². The molecule has 46 heavy (non-hydrogen) atoms. The fraction of sp³-hybridized carbons (Fsp3) is 0.278. The number of carbonyl (C=O) groups excluding carboxylic acids is 2. The zero-order chi connectivity index (χ0) is 32.7. The van der Waals surface area contributed by atoms with E-state index in [2.05, 4.69) is 5.32 Å². The number of hydrogen-bond donors (Lipinski definition) is 1. The molecule has 1 aliphatic rings. The van der Waals surface area contributed by atoms with Gasteiger partial charge in [-0.15, -0.1) is 0 Å². The minimum absolute atomic E-state index is 0.00802. The Morgan fingerprint density at radius 1 is 0.913 bits per heavy atom. The molecule has 0 radical (unpaired) electrons. The van der Waals surface area contributed by atoms with Crippen LogP contribution in [0.5, 0.6) is 0 Å². The predicted molar refractivity (Wildman–Crippen MR) is 178 cm³/mol. The molecule has 0 aromatic heterocycles. The van der Waals surface area contributed by atoms with Crippen molar-refractivity contribution in [1.82, 2.24) is 10.2 Å². The van der Waals surface area contributed by atoms with Gasteiger partial charge < -0.3 is 10.2 Å². The van der Waals surface area contributed by atoms with Crippen molar-refractivity contribution in [2.24, 2.45) is 0 Å². The monoisotopic (exact) mass is 661 g/mol. The number of amides is 2. The van der Waals surface area contributed by atoms with Gasteiger partial charge in [-0.3, -0.25) is 13.9 Å². The van der Waals surface area contributed by atoms with Crippen LogP contribution in [0.4, 0.5) is 10.1 Å². The van der Waals surface area contributed by atoms with E-state index in [1.807, 2.05) is 37.3 Å². The highest BCUT2D eigenvalue weighted by Gasteiger charge is 2.36. The summed E-state index contributed by atoms with van der Waals surface area (Å²) in [6.07, 6.45) is 3.82. The first-order chi connectivity index (χ1) is 22.1. The van der Waals surface area contributed by atoms with Gasteiger partial charge in [0, 0.05) is 29.6 Å². The maximum Gasteiger partial charge on any atom is 0.264 e. The van der Waals surface area contributed by atoms with Crippen LogP contribution >= 0.6 is 11.6 Å². The summed E-state index contributed by atoms with van der Waals surface area (Å²) in [5.41, 5.74) is 2.07. The molecule has 0 bridgehead atoms. The molecule has 0 heterocycles. The predicted octanol–water partition coefficient (Wildman–Crippen LogP) is 6.68. The zero-order valence-electron chi connectivity index (χ0n) is 25.6. The summed E-state index contributed by atoms with van der Waals surface area (Å²) < 4.78 is 44.3. The van der Waals surface area contributed by atoms with Gasteiger partial charge in [0.2, 0.25) is 11.8 Å². The van der Waals surface area contributed by atoms with E-state index in [4.69, 9.17) is 11.6 Å². The third-order valence-electron chi connectivity index (χ3n) is 8.26. The van der Waals surface area contributed by atoms with Crippen LogP contribution in [0.25, 0.3) is 0 Å². The highest BCUT2D eigenvalue weighted by Crippen LogP contribution is 2.28. The molecule has 2 amide bonds. The van der Waals surface area contributed by atoms with Crippen LogP contribution in [0, 0.1) is 12.7 Å². The second-order valence-corrected chi connectivity index (χ2v) is 13.9. The Labute approximate surface area is 275 Å². The van der Waals surface area contributed by atoms with Gasteiger partial charge in [-0.1, -0.05) is 96.7 Å². The van der Waals surface area contributed by atoms with E-state index in [0.717, 1.165) is 41.1 Å². The van der Waals surface area contributed by atoms with E-state index >= 15 is 4.39 Å². The number of nitrogens with zero attached hydrogens (tertiary/aromatic N) is 2. The normalized spacial score (nSPS) is 14.1. The summed E-state index contributed by atoms with van der Waals surface area (Å²) >= 11 is 6.28. The lowest BCUT2D eigenvalue weighted by Gasteiger charge is -2.34. The average molecular weight is 662 g/mol. The highest BCUT2D eigenvalue weighted by atomic mass is 35.5. The Hall–Kier alpha value is -4.21. The van der Waals surface area contributed by atoms with E-state index in [-0.39, 0.29) is 46.1 Å². The number of halogens is 2. The van der Waals surface area contributed by atoms with Crippen molar-refractivity contribution >= 4 is 39.1 Å². The summed E-state index contributed by atoms with van der Waals surface area (Å²) in [6, 6.07) is 26.8. The van der Waals surface area contributed by atoms with Crippen molar-refractivity contribution in [1.29, 1.82) is 0 Å². The van der Waals surface area contributed by atoms with Gasteiger partial charge in [-0.05, 0) is 61.7 Å². The molecule has 4 aromatic rings. The number of carbonyl (C=O) groups is 2. The Morgan fingerprint density at radius 3 is 2.26 bits per heavy atom. The first-order valence-electron chi connectivity index (χ1n) is 15.3.